The van der Waals surface area contributed by atoms with Gasteiger partial charge in [0.25, 0.3) is 5.91 Å². The third-order valence-electron chi connectivity index (χ3n) is 3.42. The van der Waals surface area contributed by atoms with Crippen LogP contribution < -0.4 is 0 Å². The average molecular weight is 312 g/mol. The molecule has 0 aromatic carbocycles. The topological polar surface area (TPSA) is 33.2 Å². The van der Waals surface area contributed by atoms with E-state index in [0.717, 1.165) is 11.1 Å². The Labute approximate surface area is 123 Å². The predicted octanol–water partition coefficient (Wildman–Crippen LogP) is 3.36. The van der Waals surface area contributed by atoms with E-state index in [1.165, 1.54) is 33.9 Å². The highest BCUT2D eigenvalue weighted by Gasteiger charge is 2.38. The molecule has 0 bridgehead atoms. The summed E-state index contributed by atoms with van der Waals surface area (Å²) in [6, 6.07) is 4.53. The van der Waals surface area contributed by atoms with Gasteiger partial charge in [-0.1, -0.05) is 0 Å². The number of amides is 1. The molecule has 3 heterocycles. The van der Waals surface area contributed by atoms with E-state index in [9.17, 15) is 18.0 Å². The number of hydrogen-bond acceptors (Lipinski definition) is 3. The van der Waals surface area contributed by atoms with Crippen molar-refractivity contribution in [3.05, 3.63) is 51.5 Å². The number of hydrogen-bond donors (Lipinski definition) is 0. The number of rotatable bonds is 1. The van der Waals surface area contributed by atoms with Gasteiger partial charge in [-0.15, -0.1) is 11.3 Å². The maximum atomic E-state index is 12.9. The number of carbonyl (C=O) groups excluding carboxylic acids is 1. The van der Waals surface area contributed by atoms with Gasteiger partial charge >= 0.3 is 6.18 Å². The minimum Gasteiger partial charge on any atom is -0.333 e. The van der Waals surface area contributed by atoms with Crippen LogP contribution in [0.2, 0.25) is 0 Å². The molecule has 0 unspecified atom stereocenters. The molecule has 1 amide bonds. The summed E-state index contributed by atoms with van der Waals surface area (Å²) in [4.78, 5) is 18.2. The van der Waals surface area contributed by atoms with Gasteiger partial charge in [0, 0.05) is 17.6 Å². The largest absolute Gasteiger partial charge is 0.434 e. The Morgan fingerprint density at radius 2 is 2.14 bits per heavy atom. The van der Waals surface area contributed by atoms with Crippen molar-refractivity contribution >= 4 is 17.2 Å². The van der Waals surface area contributed by atoms with Gasteiger partial charge in [0.1, 0.15) is 0 Å². The van der Waals surface area contributed by atoms with Gasteiger partial charge in [-0.05, 0) is 35.6 Å². The van der Waals surface area contributed by atoms with Gasteiger partial charge in [-0.2, -0.15) is 13.2 Å². The second-order valence-electron chi connectivity index (χ2n) is 4.74. The lowest BCUT2D eigenvalue weighted by Gasteiger charge is -2.27. The van der Waals surface area contributed by atoms with Gasteiger partial charge in [0.2, 0.25) is 0 Å². The summed E-state index contributed by atoms with van der Waals surface area (Å²) in [6.07, 6.45) is -2.91. The lowest BCUT2D eigenvalue weighted by Crippen LogP contribution is -2.36. The van der Waals surface area contributed by atoms with Gasteiger partial charge < -0.3 is 4.90 Å². The summed E-state index contributed by atoms with van der Waals surface area (Å²) in [5.41, 5.74) is -0.330. The fourth-order valence-electron chi connectivity index (χ4n) is 2.38. The molecule has 7 heteroatoms. The SMILES string of the molecule is O=C(c1cccnc1C(F)(F)F)N1CCc2ccsc2C1. The third-order valence-corrected chi connectivity index (χ3v) is 4.37. The minimum atomic E-state index is -4.63. The van der Waals surface area contributed by atoms with Crippen molar-refractivity contribution in [3.8, 4) is 0 Å². The molecule has 1 aliphatic rings. The van der Waals surface area contributed by atoms with Crippen molar-refractivity contribution < 1.29 is 18.0 Å². The zero-order valence-corrected chi connectivity index (χ0v) is 11.7. The first-order valence-electron chi connectivity index (χ1n) is 6.33. The number of fused-ring (bicyclic) bond motifs is 1. The van der Waals surface area contributed by atoms with Crippen LogP contribution in [0.3, 0.4) is 0 Å². The summed E-state index contributed by atoms with van der Waals surface area (Å²) in [5.74, 6) is -0.616. The molecule has 2 aromatic rings. The quantitative estimate of drug-likeness (QED) is 0.809. The Morgan fingerprint density at radius 3 is 2.90 bits per heavy atom. The molecule has 3 rings (SSSR count). The summed E-state index contributed by atoms with van der Waals surface area (Å²) in [7, 11) is 0. The number of halogens is 3. The zero-order chi connectivity index (χ0) is 15.0. The fourth-order valence-corrected chi connectivity index (χ4v) is 3.33. The van der Waals surface area contributed by atoms with E-state index in [0.29, 0.717) is 19.5 Å². The molecule has 3 nitrogen and oxygen atoms in total. The van der Waals surface area contributed by atoms with E-state index in [1.807, 2.05) is 11.4 Å². The van der Waals surface area contributed by atoms with Crippen molar-refractivity contribution in [2.75, 3.05) is 6.54 Å². The van der Waals surface area contributed by atoms with E-state index < -0.39 is 17.8 Å². The van der Waals surface area contributed by atoms with Crippen molar-refractivity contribution in [3.63, 3.8) is 0 Å². The number of thiophene rings is 1. The number of alkyl halides is 3. The Kier molecular flexibility index (Phi) is 3.44. The molecule has 0 saturated heterocycles. The van der Waals surface area contributed by atoms with Crippen LogP contribution in [0.1, 0.15) is 26.5 Å². The highest BCUT2D eigenvalue weighted by molar-refractivity contribution is 7.10. The van der Waals surface area contributed by atoms with Crippen molar-refractivity contribution in [2.24, 2.45) is 0 Å². The van der Waals surface area contributed by atoms with Crippen LogP contribution >= 0.6 is 11.3 Å². The molecule has 0 saturated carbocycles. The lowest BCUT2D eigenvalue weighted by atomic mass is 10.1. The standard InChI is InChI=1S/C14H11F3N2OS/c15-14(16,17)12-10(2-1-5-18-12)13(20)19-6-3-9-4-7-21-11(9)8-19/h1-2,4-5,7H,3,6,8H2. The Morgan fingerprint density at radius 1 is 1.33 bits per heavy atom. The molecular weight excluding hydrogens is 301 g/mol. The second-order valence-corrected chi connectivity index (χ2v) is 5.74. The minimum absolute atomic E-state index is 0.359. The Bertz CT molecular complexity index is 681. The zero-order valence-electron chi connectivity index (χ0n) is 10.9. The Balaban J connectivity index is 1.90. The number of pyridine rings is 1. The molecule has 0 aliphatic carbocycles. The van der Waals surface area contributed by atoms with E-state index in [2.05, 4.69) is 4.98 Å². The predicted molar refractivity (Wildman–Crippen MR) is 72.0 cm³/mol. The molecule has 0 N–H and O–H groups in total. The number of carbonyl (C=O) groups is 1. The van der Waals surface area contributed by atoms with Gasteiger partial charge in [0.05, 0.1) is 12.1 Å². The van der Waals surface area contributed by atoms with Crippen LogP contribution in [0.5, 0.6) is 0 Å². The molecule has 0 spiro atoms. The average Bonchev–Trinajstić information content (AvgIpc) is 2.93. The van der Waals surface area contributed by atoms with Gasteiger partial charge in [-0.25, -0.2) is 0 Å². The lowest BCUT2D eigenvalue weighted by molar-refractivity contribution is -0.141. The molecular formula is C14H11F3N2OS. The van der Waals surface area contributed by atoms with Crippen molar-refractivity contribution in [2.45, 2.75) is 19.1 Å². The second kappa shape index (κ2) is 5.14. The van der Waals surface area contributed by atoms with Crippen LogP contribution in [0.4, 0.5) is 13.2 Å². The smallest absolute Gasteiger partial charge is 0.333 e. The molecule has 1 aliphatic heterocycles. The van der Waals surface area contributed by atoms with E-state index >= 15 is 0 Å². The van der Waals surface area contributed by atoms with Crippen molar-refractivity contribution in [1.82, 2.24) is 9.88 Å². The highest BCUT2D eigenvalue weighted by atomic mass is 32.1. The highest BCUT2D eigenvalue weighted by Crippen LogP contribution is 2.32. The molecule has 21 heavy (non-hydrogen) atoms. The first-order chi connectivity index (χ1) is 9.97. The normalized spacial score (nSPS) is 14.9. The van der Waals surface area contributed by atoms with Crippen molar-refractivity contribution in [1.29, 1.82) is 0 Å². The van der Waals surface area contributed by atoms with Crippen LogP contribution in [-0.2, 0) is 19.1 Å². The van der Waals surface area contributed by atoms with Crippen LogP contribution in [0.15, 0.2) is 29.8 Å². The summed E-state index contributed by atoms with van der Waals surface area (Å²) in [6.45, 7) is 0.785. The molecule has 0 fully saturated rings. The summed E-state index contributed by atoms with van der Waals surface area (Å²) in [5, 5.41) is 1.93. The molecule has 0 radical (unpaired) electrons. The van der Waals surface area contributed by atoms with Gasteiger partial charge in [0.15, 0.2) is 5.69 Å². The van der Waals surface area contributed by atoms with E-state index in [4.69, 9.17) is 0 Å². The summed E-state index contributed by atoms with van der Waals surface area (Å²) < 4.78 is 38.8. The molecule has 0 atom stereocenters. The number of aromatic nitrogens is 1. The third kappa shape index (κ3) is 2.65. The van der Waals surface area contributed by atoms with Crippen LogP contribution in [0.25, 0.3) is 0 Å². The van der Waals surface area contributed by atoms with Crippen LogP contribution in [-0.4, -0.2) is 22.3 Å². The monoisotopic (exact) mass is 312 g/mol. The first-order valence-corrected chi connectivity index (χ1v) is 7.21. The molecule has 2 aromatic heterocycles. The summed E-state index contributed by atoms with van der Waals surface area (Å²) >= 11 is 1.52. The van der Waals surface area contributed by atoms with E-state index in [-0.39, 0.29) is 5.56 Å². The Hall–Kier alpha value is -1.89. The van der Waals surface area contributed by atoms with Crippen LogP contribution in [0, 0.1) is 0 Å². The molecule has 110 valence electrons. The van der Waals surface area contributed by atoms with E-state index in [1.54, 1.807) is 0 Å². The number of nitrogens with zero attached hydrogens (tertiary/aromatic N) is 2. The maximum absolute atomic E-state index is 12.9. The maximum Gasteiger partial charge on any atom is 0.434 e. The van der Waals surface area contributed by atoms with Gasteiger partial charge in [-0.3, -0.25) is 9.78 Å². The fraction of sp³-hybridized carbons (Fsp3) is 0.286. The first kappa shape index (κ1) is 14.1.